The van der Waals surface area contributed by atoms with Crippen molar-refractivity contribution in [3.63, 3.8) is 0 Å². The minimum Gasteiger partial charge on any atom is -0.491 e. The number of aromatic nitrogens is 6. The lowest BCUT2D eigenvalue weighted by atomic mass is 10.1. The first-order valence-electron chi connectivity index (χ1n) is 15.3. The van der Waals surface area contributed by atoms with Crippen LogP contribution < -0.4 is 14.5 Å². The number of rotatable bonds is 10. The van der Waals surface area contributed by atoms with Crippen LogP contribution >= 0.6 is 35.0 Å². The number of aryl methyl sites for hydroxylation is 1. The highest BCUT2D eigenvalue weighted by Crippen LogP contribution is 2.40. The van der Waals surface area contributed by atoms with E-state index in [1.807, 2.05) is 36.1 Å². The summed E-state index contributed by atoms with van der Waals surface area (Å²) in [6.45, 7) is 6.62. The van der Waals surface area contributed by atoms with E-state index < -0.39 is 5.79 Å². The Morgan fingerprint density at radius 1 is 0.936 bits per heavy atom. The lowest BCUT2D eigenvalue weighted by molar-refractivity contribution is -0.190. The summed E-state index contributed by atoms with van der Waals surface area (Å²) in [7, 11) is 0. The SMILES string of the molecule is CSc1nc(C)n(-c2ccc(N3CCN(c4ccc(OC[C@@H]5CO[C@@](Cn6cncn6)(c6ccc(Cl)cc6Cl)O5)cc4)CC3)cc2)n1. The minimum absolute atomic E-state index is 0.278. The molecule has 0 N–H and O–H groups in total. The Kier molecular flexibility index (Phi) is 9.29. The number of hydrogen-bond acceptors (Lipinski definition) is 10. The number of halogens is 2. The smallest absolute Gasteiger partial charge is 0.217 e. The summed E-state index contributed by atoms with van der Waals surface area (Å²) in [5.41, 5.74) is 4.07. The Morgan fingerprint density at radius 2 is 1.62 bits per heavy atom. The Hall–Kier alpha value is -3.81. The van der Waals surface area contributed by atoms with Gasteiger partial charge in [0, 0.05) is 48.1 Å². The molecule has 2 atom stereocenters. The molecule has 2 saturated heterocycles. The fourth-order valence-electron chi connectivity index (χ4n) is 5.95. The van der Waals surface area contributed by atoms with E-state index in [0.717, 1.165) is 48.6 Å². The number of hydrogen-bond donors (Lipinski definition) is 0. The first-order valence-corrected chi connectivity index (χ1v) is 17.3. The van der Waals surface area contributed by atoms with Crippen LogP contribution in [-0.4, -0.2) is 81.3 Å². The second-order valence-corrected chi connectivity index (χ2v) is 13.0. The summed E-state index contributed by atoms with van der Waals surface area (Å²) >= 11 is 14.3. The second kappa shape index (κ2) is 13.7. The third kappa shape index (κ3) is 6.93. The minimum atomic E-state index is -1.15. The van der Waals surface area contributed by atoms with E-state index in [2.05, 4.69) is 66.4 Å². The van der Waals surface area contributed by atoms with Crippen LogP contribution in [0.1, 0.15) is 11.4 Å². The van der Waals surface area contributed by atoms with E-state index in [1.165, 1.54) is 17.7 Å². The monoisotopic (exact) mass is 692 g/mol. The molecular weight excluding hydrogens is 659 g/mol. The maximum Gasteiger partial charge on any atom is 0.217 e. The van der Waals surface area contributed by atoms with Gasteiger partial charge < -0.3 is 24.0 Å². The molecule has 2 fully saturated rings. The fraction of sp³-hybridized carbons (Fsp3) is 0.333. The third-order valence-corrected chi connectivity index (χ3v) is 9.43. The van der Waals surface area contributed by atoms with Gasteiger partial charge in [0.2, 0.25) is 10.9 Å². The van der Waals surface area contributed by atoms with Crippen molar-refractivity contribution in [3.8, 4) is 11.4 Å². The first kappa shape index (κ1) is 31.8. The molecule has 2 aromatic heterocycles. The van der Waals surface area contributed by atoms with Crippen molar-refractivity contribution >= 4 is 46.3 Å². The Labute approximate surface area is 287 Å². The highest BCUT2D eigenvalue weighted by Gasteiger charge is 2.45. The summed E-state index contributed by atoms with van der Waals surface area (Å²) < 4.78 is 22.4. The summed E-state index contributed by atoms with van der Waals surface area (Å²) in [4.78, 5) is 13.4. The van der Waals surface area contributed by atoms with Gasteiger partial charge in [-0.25, -0.2) is 19.3 Å². The van der Waals surface area contributed by atoms with Crippen molar-refractivity contribution < 1.29 is 14.2 Å². The van der Waals surface area contributed by atoms with Gasteiger partial charge in [-0.2, -0.15) is 5.10 Å². The predicted molar refractivity (Wildman–Crippen MR) is 183 cm³/mol. The van der Waals surface area contributed by atoms with Crippen molar-refractivity contribution in [2.24, 2.45) is 0 Å². The molecule has 2 aliphatic heterocycles. The number of thioether (sulfide) groups is 1. The molecule has 0 saturated carbocycles. The van der Waals surface area contributed by atoms with Crippen LogP contribution in [-0.2, 0) is 21.8 Å². The molecule has 244 valence electrons. The van der Waals surface area contributed by atoms with Crippen molar-refractivity contribution in [1.29, 1.82) is 0 Å². The number of ether oxygens (including phenoxy) is 3. The average Bonchev–Trinajstić information content (AvgIpc) is 3.85. The topological polar surface area (TPSA) is 95.6 Å². The molecule has 47 heavy (non-hydrogen) atoms. The lowest BCUT2D eigenvalue weighted by Crippen LogP contribution is -2.46. The Balaban J connectivity index is 0.929. The largest absolute Gasteiger partial charge is 0.491 e. The van der Waals surface area contributed by atoms with Gasteiger partial charge in [0.25, 0.3) is 0 Å². The van der Waals surface area contributed by atoms with E-state index in [-0.39, 0.29) is 12.6 Å². The molecule has 0 unspecified atom stereocenters. The van der Waals surface area contributed by atoms with Gasteiger partial charge in [-0.1, -0.05) is 41.0 Å². The van der Waals surface area contributed by atoms with E-state index in [1.54, 1.807) is 34.9 Å². The molecule has 2 aliphatic rings. The molecule has 0 radical (unpaired) electrons. The van der Waals surface area contributed by atoms with Crippen LogP contribution in [0.3, 0.4) is 0 Å². The molecule has 0 bridgehead atoms. The van der Waals surface area contributed by atoms with Crippen molar-refractivity contribution in [3.05, 3.63) is 101 Å². The molecule has 4 heterocycles. The summed E-state index contributed by atoms with van der Waals surface area (Å²) in [5, 5.41) is 10.6. The van der Waals surface area contributed by atoms with E-state index in [9.17, 15) is 0 Å². The van der Waals surface area contributed by atoms with Gasteiger partial charge in [0.15, 0.2) is 0 Å². The fourth-order valence-corrected chi connectivity index (χ4v) is 6.89. The highest BCUT2D eigenvalue weighted by atomic mass is 35.5. The van der Waals surface area contributed by atoms with Crippen molar-refractivity contribution in [2.45, 2.75) is 30.5 Å². The third-order valence-electron chi connectivity index (χ3n) is 8.35. The molecular formula is C33H34Cl2N8O3S. The van der Waals surface area contributed by atoms with E-state index in [4.69, 9.17) is 37.4 Å². The van der Waals surface area contributed by atoms with Crippen molar-refractivity contribution in [2.75, 3.05) is 55.4 Å². The summed E-state index contributed by atoms with van der Waals surface area (Å²) in [6, 6.07) is 22.0. The summed E-state index contributed by atoms with van der Waals surface area (Å²) in [6.07, 6.45) is 4.75. The molecule has 11 nitrogen and oxygen atoms in total. The van der Waals surface area contributed by atoms with Crippen LogP contribution in [0.25, 0.3) is 5.69 Å². The zero-order chi connectivity index (χ0) is 32.4. The zero-order valence-corrected chi connectivity index (χ0v) is 28.3. The van der Waals surface area contributed by atoms with Gasteiger partial charge in [-0.15, -0.1) is 5.10 Å². The average molecular weight is 694 g/mol. The predicted octanol–water partition coefficient (Wildman–Crippen LogP) is 5.87. The zero-order valence-electron chi connectivity index (χ0n) is 26.0. The van der Waals surface area contributed by atoms with E-state index in [0.29, 0.717) is 28.8 Å². The van der Waals surface area contributed by atoms with Gasteiger partial charge in [0.05, 0.1) is 17.3 Å². The Morgan fingerprint density at radius 3 is 2.23 bits per heavy atom. The molecule has 0 amide bonds. The van der Waals surface area contributed by atoms with Crippen LogP contribution in [0, 0.1) is 6.92 Å². The van der Waals surface area contributed by atoms with Crippen LogP contribution in [0.4, 0.5) is 11.4 Å². The number of nitrogens with zero attached hydrogens (tertiary/aromatic N) is 8. The number of piperazine rings is 1. The molecule has 0 spiro atoms. The number of benzene rings is 3. The number of anilines is 2. The van der Waals surface area contributed by atoms with Crippen LogP contribution in [0.2, 0.25) is 10.0 Å². The van der Waals surface area contributed by atoms with Crippen LogP contribution in [0.5, 0.6) is 5.75 Å². The maximum atomic E-state index is 6.58. The van der Waals surface area contributed by atoms with Gasteiger partial charge in [-0.05, 0) is 73.8 Å². The first-order chi connectivity index (χ1) is 22.9. The van der Waals surface area contributed by atoms with Gasteiger partial charge in [-0.3, -0.25) is 0 Å². The van der Waals surface area contributed by atoms with Crippen molar-refractivity contribution in [1.82, 2.24) is 29.5 Å². The quantitative estimate of drug-likeness (QED) is 0.165. The van der Waals surface area contributed by atoms with Gasteiger partial charge >= 0.3 is 0 Å². The summed E-state index contributed by atoms with van der Waals surface area (Å²) in [5.74, 6) is 0.502. The second-order valence-electron chi connectivity index (χ2n) is 11.4. The van der Waals surface area contributed by atoms with E-state index >= 15 is 0 Å². The highest BCUT2D eigenvalue weighted by molar-refractivity contribution is 7.98. The molecule has 7 rings (SSSR count). The lowest BCUT2D eigenvalue weighted by Gasteiger charge is -2.37. The van der Waals surface area contributed by atoms with Crippen LogP contribution in [0.15, 0.2) is 84.5 Å². The molecule has 14 heteroatoms. The standard InChI is InChI=1S/C33H34Cl2N8O3S/c1-23-38-32(47-2)39-43(23)27-6-4-25(5-7-27)40-13-15-41(16-14-40)26-8-10-28(11-9-26)44-18-29-19-45-33(46-29,20-42-22-36-21-37-42)30-12-3-24(34)17-31(30)35/h3-12,17,21-22,29H,13-16,18-20H2,1-2H3/t29-,33-/m1/s1. The molecule has 5 aromatic rings. The molecule has 3 aromatic carbocycles. The Bertz CT molecular complexity index is 1800. The van der Waals surface area contributed by atoms with Gasteiger partial charge in [0.1, 0.15) is 43.5 Å². The maximum absolute atomic E-state index is 6.58. The normalized spacial score (nSPS) is 19.8. The molecule has 0 aliphatic carbocycles.